The minimum Gasteiger partial charge on any atom is -0.230 e. The van der Waals surface area contributed by atoms with Crippen LogP contribution in [0.4, 0.5) is 0 Å². The second-order valence-electron chi connectivity index (χ2n) is 17.1. The molecule has 1 saturated heterocycles. The van der Waals surface area contributed by atoms with Crippen molar-refractivity contribution >= 4 is 11.8 Å². The topological polar surface area (TPSA) is 34.1 Å². The van der Waals surface area contributed by atoms with Gasteiger partial charge in [-0.1, -0.05) is 192 Å². The van der Waals surface area contributed by atoms with Gasteiger partial charge in [0.25, 0.3) is 0 Å². The molecular weight excluding hydrogens is 647 g/mol. The maximum absolute atomic E-state index is 13.4. The Hall–Kier alpha value is -1.22. The van der Waals surface area contributed by atoms with E-state index in [1.54, 1.807) is 0 Å². The van der Waals surface area contributed by atoms with Gasteiger partial charge in [-0.2, -0.15) is 4.48 Å². The average molecular weight is 741 g/mol. The number of carbonyl (C=O) groups is 2. The number of rotatable bonds is 40. The lowest BCUT2D eigenvalue weighted by atomic mass is 10.0. The van der Waals surface area contributed by atoms with Crippen LogP contribution in [-0.2, 0) is 9.59 Å². The van der Waals surface area contributed by atoms with Gasteiger partial charge in [0.15, 0.2) is 0 Å². The molecule has 53 heavy (non-hydrogen) atoms. The summed E-state index contributed by atoms with van der Waals surface area (Å²) in [6.07, 6.45) is 60.4. The second kappa shape index (κ2) is 39.0. The number of hydrogen-bond donors (Lipinski definition) is 0. The smallest absolute Gasteiger partial charge is 0.230 e. The van der Waals surface area contributed by atoms with Crippen LogP contribution in [0.15, 0.2) is 24.3 Å². The summed E-state index contributed by atoms with van der Waals surface area (Å²) in [5.74, 6) is 0.461. The first-order valence-corrected chi connectivity index (χ1v) is 24.4. The maximum Gasteiger partial charge on any atom is 0.321 e. The van der Waals surface area contributed by atoms with Crippen LogP contribution in [-0.4, -0.2) is 29.4 Å². The van der Waals surface area contributed by atoms with Crippen LogP contribution in [0.5, 0.6) is 0 Å². The SMILES string of the molecule is CCCCCCCC/C=C\CCCCCCCCCCCC[N+]1(CCCCCCCCCCCC/C=C\CCCCCCCC)C(=O)CCCCC1=O. The van der Waals surface area contributed by atoms with Gasteiger partial charge < -0.3 is 0 Å². The van der Waals surface area contributed by atoms with Crippen molar-refractivity contribution in [3.63, 3.8) is 0 Å². The van der Waals surface area contributed by atoms with Crippen molar-refractivity contribution in [1.29, 1.82) is 0 Å². The molecule has 1 fully saturated rings. The molecule has 0 aromatic carbocycles. The number of allylic oxidation sites excluding steroid dienone is 4. The lowest BCUT2D eigenvalue weighted by molar-refractivity contribution is -0.780. The highest BCUT2D eigenvalue weighted by molar-refractivity contribution is 5.85. The van der Waals surface area contributed by atoms with Gasteiger partial charge in [-0.05, 0) is 89.9 Å². The second-order valence-corrected chi connectivity index (χ2v) is 17.1. The molecule has 0 N–H and O–H groups in total. The minimum atomic E-state index is 0.183. The molecule has 0 bridgehead atoms. The zero-order valence-corrected chi connectivity index (χ0v) is 36.3. The normalized spacial score (nSPS) is 15.0. The highest BCUT2D eigenvalue weighted by atomic mass is 16.2. The summed E-state index contributed by atoms with van der Waals surface area (Å²) in [5, 5.41) is 0. The molecule has 0 aromatic heterocycles. The Bertz CT molecular complexity index is 789. The first-order chi connectivity index (χ1) is 26.2. The van der Waals surface area contributed by atoms with Crippen molar-refractivity contribution in [2.45, 2.75) is 271 Å². The standard InChI is InChI=1S/C50H94NO2/c1-3-5-7-9-11-13-15-17-19-21-23-25-27-29-31-33-35-37-39-43-47-51(49(52)45-41-42-46-50(51)53)48-44-40-38-36-34-32-30-28-26-24-22-20-18-16-14-12-10-8-6-4-2/h17-20H,3-16,21-48H2,1-2H3/q+1/b19-17-,20-18-. The van der Waals surface area contributed by atoms with E-state index in [0.717, 1.165) is 38.8 Å². The molecule has 2 amide bonds. The number of imide groups is 1. The monoisotopic (exact) mass is 741 g/mol. The van der Waals surface area contributed by atoms with Crippen molar-refractivity contribution in [3.8, 4) is 0 Å². The van der Waals surface area contributed by atoms with E-state index in [9.17, 15) is 9.59 Å². The van der Waals surface area contributed by atoms with Gasteiger partial charge in [0.1, 0.15) is 0 Å². The molecule has 0 spiro atoms. The Morgan fingerprint density at radius 3 is 0.830 bits per heavy atom. The number of unbranched alkanes of at least 4 members (excludes halogenated alkanes) is 32. The predicted octanol–water partition coefficient (Wildman–Crippen LogP) is 16.6. The van der Waals surface area contributed by atoms with Crippen LogP contribution in [0.1, 0.15) is 271 Å². The van der Waals surface area contributed by atoms with E-state index in [-0.39, 0.29) is 16.3 Å². The van der Waals surface area contributed by atoms with E-state index in [2.05, 4.69) is 38.2 Å². The third-order valence-corrected chi connectivity index (χ3v) is 12.1. The van der Waals surface area contributed by atoms with Crippen molar-refractivity contribution in [2.75, 3.05) is 13.1 Å². The highest BCUT2D eigenvalue weighted by Crippen LogP contribution is 2.25. The van der Waals surface area contributed by atoms with Gasteiger partial charge in [0.2, 0.25) is 0 Å². The molecule has 0 atom stereocenters. The Balaban J connectivity index is 2.05. The fourth-order valence-corrected chi connectivity index (χ4v) is 8.40. The molecule has 1 aliphatic rings. The predicted molar refractivity (Wildman–Crippen MR) is 234 cm³/mol. The summed E-state index contributed by atoms with van der Waals surface area (Å²) >= 11 is 0. The molecule has 3 heteroatoms. The molecule has 1 heterocycles. The Kier molecular flexibility index (Phi) is 36.7. The van der Waals surface area contributed by atoms with Gasteiger partial charge in [-0.15, -0.1) is 0 Å². The van der Waals surface area contributed by atoms with Crippen LogP contribution in [0.2, 0.25) is 0 Å². The van der Waals surface area contributed by atoms with Crippen LogP contribution < -0.4 is 0 Å². The van der Waals surface area contributed by atoms with E-state index in [1.165, 1.54) is 218 Å². The lowest BCUT2D eigenvalue weighted by Crippen LogP contribution is -2.57. The average Bonchev–Trinajstić information content (AvgIpc) is 3.30. The third kappa shape index (κ3) is 29.7. The Morgan fingerprint density at radius 2 is 0.566 bits per heavy atom. The van der Waals surface area contributed by atoms with E-state index in [0.29, 0.717) is 12.8 Å². The zero-order chi connectivity index (χ0) is 38.2. The maximum atomic E-state index is 13.4. The zero-order valence-electron chi connectivity index (χ0n) is 36.3. The van der Waals surface area contributed by atoms with Gasteiger partial charge >= 0.3 is 11.8 Å². The summed E-state index contributed by atoms with van der Waals surface area (Å²) in [7, 11) is 0. The van der Waals surface area contributed by atoms with Crippen molar-refractivity contribution in [3.05, 3.63) is 24.3 Å². The molecule has 0 unspecified atom stereocenters. The minimum absolute atomic E-state index is 0.183. The van der Waals surface area contributed by atoms with E-state index in [4.69, 9.17) is 0 Å². The highest BCUT2D eigenvalue weighted by Gasteiger charge is 2.43. The molecule has 0 saturated carbocycles. The van der Waals surface area contributed by atoms with Crippen molar-refractivity contribution < 1.29 is 14.1 Å². The van der Waals surface area contributed by atoms with Crippen molar-refractivity contribution in [2.24, 2.45) is 0 Å². The summed E-state index contributed by atoms with van der Waals surface area (Å²) in [6, 6.07) is 0. The number of quaternary nitrogens is 1. The van der Waals surface area contributed by atoms with Gasteiger partial charge in [0.05, 0.1) is 25.9 Å². The molecular formula is C50H94NO2+. The first-order valence-electron chi connectivity index (χ1n) is 24.4. The molecule has 3 nitrogen and oxygen atoms in total. The van der Waals surface area contributed by atoms with Crippen LogP contribution in [0.25, 0.3) is 0 Å². The fraction of sp³-hybridized carbons (Fsp3) is 0.880. The summed E-state index contributed by atoms with van der Waals surface area (Å²) in [5.41, 5.74) is 0. The molecule has 1 aliphatic heterocycles. The fourth-order valence-electron chi connectivity index (χ4n) is 8.40. The summed E-state index contributed by atoms with van der Waals surface area (Å²) in [4.78, 5) is 26.7. The lowest BCUT2D eigenvalue weighted by Gasteiger charge is -2.32. The van der Waals surface area contributed by atoms with Crippen LogP contribution in [0.3, 0.4) is 0 Å². The molecule has 310 valence electrons. The van der Waals surface area contributed by atoms with Crippen LogP contribution in [0, 0.1) is 0 Å². The number of nitrogens with zero attached hydrogens (tertiary/aromatic N) is 1. The Labute approximate surface area is 333 Å². The molecule has 0 radical (unpaired) electrons. The number of likely N-dealkylation sites (tertiary alicyclic amines) is 1. The van der Waals surface area contributed by atoms with Crippen molar-refractivity contribution in [1.82, 2.24) is 0 Å². The largest absolute Gasteiger partial charge is 0.321 e. The molecule has 0 aromatic rings. The molecule has 1 rings (SSSR count). The first kappa shape index (κ1) is 49.8. The van der Waals surface area contributed by atoms with E-state index < -0.39 is 0 Å². The number of carbonyl (C=O) groups excluding carboxylic acids is 2. The Morgan fingerprint density at radius 1 is 0.340 bits per heavy atom. The summed E-state index contributed by atoms with van der Waals surface area (Å²) in [6.45, 7) is 6.10. The number of hydrogen-bond acceptors (Lipinski definition) is 2. The van der Waals surface area contributed by atoms with Crippen LogP contribution >= 0.6 is 0 Å². The van der Waals surface area contributed by atoms with Gasteiger partial charge in [-0.3, -0.25) is 0 Å². The van der Waals surface area contributed by atoms with E-state index in [1.807, 2.05) is 0 Å². The quantitative estimate of drug-likeness (QED) is 0.0271. The molecule has 0 aliphatic carbocycles. The van der Waals surface area contributed by atoms with E-state index >= 15 is 0 Å². The number of amides is 2. The van der Waals surface area contributed by atoms with Gasteiger partial charge in [0, 0.05) is 0 Å². The van der Waals surface area contributed by atoms with Gasteiger partial charge in [-0.25, -0.2) is 9.59 Å². The summed E-state index contributed by atoms with van der Waals surface area (Å²) < 4.78 is 0.183. The third-order valence-electron chi connectivity index (χ3n) is 12.1.